The number of nitrogens with one attached hydrogen (secondary N) is 2. The summed E-state index contributed by atoms with van der Waals surface area (Å²) in [5.74, 6) is 0. The van der Waals surface area contributed by atoms with E-state index in [1.807, 2.05) is 9.44 Å². The predicted molar refractivity (Wildman–Crippen MR) is 114 cm³/mol. The molecule has 0 radical (unpaired) electrons. The van der Waals surface area contributed by atoms with Crippen LogP contribution in [0.1, 0.15) is 11.1 Å². The van der Waals surface area contributed by atoms with Gasteiger partial charge in [-0.25, -0.2) is 16.8 Å². The van der Waals surface area contributed by atoms with Crippen LogP contribution in [0.15, 0.2) is 63.7 Å². The zero-order valence-corrected chi connectivity index (χ0v) is 19.4. The summed E-state index contributed by atoms with van der Waals surface area (Å²) in [4.78, 5) is -0.660. The van der Waals surface area contributed by atoms with Crippen molar-refractivity contribution in [1.29, 1.82) is 0 Å². The van der Waals surface area contributed by atoms with Crippen LogP contribution in [0.3, 0.4) is 0 Å². The standard InChI is InChI=1S/C18H11ClF6N2O4S3/c19-16-14(33(28,29)26-12-5-1-10(2-6-12)17(20,21)22)9-15(32-16)34(30,31)27-13-7-3-11(4-8-13)18(23,24)25/h1-9,26-27H. The molecule has 3 rings (SSSR count). The van der Waals surface area contributed by atoms with Gasteiger partial charge in [-0.1, -0.05) is 11.6 Å². The lowest BCUT2D eigenvalue weighted by atomic mass is 10.2. The Kier molecular flexibility index (Phi) is 6.87. The average Bonchev–Trinajstić information content (AvgIpc) is 3.10. The van der Waals surface area contributed by atoms with Crippen LogP contribution in [0.2, 0.25) is 4.34 Å². The lowest BCUT2D eigenvalue weighted by Gasteiger charge is -2.10. The van der Waals surface area contributed by atoms with Crippen molar-refractivity contribution in [2.45, 2.75) is 21.5 Å². The third-order valence-corrected chi connectivity index (χ3v) is 8.98. The topological polar surface area (TPSA) is 92.3 Å². The zero-order chi connectivity index (χ0) is 25.5. The summed E-state index contributed by atoms with van der Waals surface area (Å²) in [6.07, 6.45) is -9.25. The molecule has 34 heavy (non-hydrogen) atoms. The molecule has 0 aliphatic heterocycles. The highest BCUT2D eigenvalue weighted by Crippen LogP contribution is 2.37. The Morgan fingerprint density at radius 1 is 0.676 bits per heavy atom. The highest BCUT2D eigenvalue weighted by Gasteiger charge is 2.32. The first kappa shape index (κ1) is 26.1. The molecule has 0 aliphatic rings. The van der Waals surface area contributed by atoms with Crippen molar-refractivity contribution in [3.63, 3.8) is 0 Å². The fourth-order valence-electron chi connectivity index (χ4n) is 2.52. The van der Waals surface area contributed by atoms with Crippen molar-refractivity contribution in [2.24, 2.45) is 0 Å². The largest absolute Gasteiger partial charge is 0.416 e. The van der Waals surface area contributed by atoms with Crippen LogP contribution in [-0.4, -0.2) is 16.8 Å². The van der Waals surface area contributed by atoms with Gasteiger partial charge in [-0.2, -0.15) is 26.3 Å². The number of halogens is 7. The molecule has 2 aromatic carbocycles. The van der Waals surface area contributed by atoms with E-state index in [1.165, 1.54) is 0 Å². The van der Waals surface area contributed by atoms with Crippen LogP contribution in [-0.2, 0) is 32.4 Å². The molecule has 0 saturated heterocycles. The van der Waals surface area contributed by atoms with Gasteiger partial charge in [0.1, 0.15) is 13.4 Å². The molecular formula is C18H11ClF6N2O4S3. The molecule has 0 bridgehead atoms. The summed E-state index contributed by atoms with van der Waals surface area (Å²) in [6, 6.07) is 6.81. The minimum absolute atomic E-state index is 0.218. The van der Waals surface area contributed by atoms with Gasteiger partial charge in [0.15, 0.2) is 0 Å². The molecule has 1 heterocycles. The maximum absolute atomic E-state index is 12.7. The monoisotopic (exact) mass is 564 g/mol. The number of benzene rings is 2. The first-order valence-corrected chi connectivity index (χ1v) is 12.8. The van der Waals surface area contributed by atoms with Gasteiger partial charge >= 0.3 is 12.4 Å². The molecule has 3 aromatic rings. The van der Waals surface area contributed by atoms with Crippen molar-refractivity contribution in [3.8, 4) is 0 Å². The normalized spacial score (nSPS) is 13.0. The molecule has 0 fully saturated rings. The van der Waals surface area contributed by atoms with Gasteiger partial charge in [0.2, 0.25) is 0 Å². The molecule has 6 nitrogen and oxygen atoms in total. The van der Waals surface area contributed by atoms with E-state index in [-0.39, 0.29) is 11.4 Å². The average molecular weight is 565 g/mol. The molecule has 0 spiro atoms. The lowest BCUT2D eigenvalue weighted by molar-refractivity contribution is -0.138. The van der Waals surface area contributed by atoms with Crippen molar-refractivity contribution >= 4 is 54.4 Å². The first-order chi connectivity index (χ1) is 15.5. The smallest absolute Gasteiger partial charge is 0.280 e. The number of thiophene rings is 1. The van der Waals surface area contributed by atoms with E-state index >= 15 is 0 Å². The Morgan fingerprint density at radius 2 is 1.06 bits per heavy atom. The van der Waals surface area contributed by atoms with Gasteiger partial charge in [-0.05, 0) is 54.6 Å². The summed E-state index contributed by atoms with van der Waals surface area (Å²) >= 11 is 6.25. The molecule has 0 amide bonds. The molecular weight excluding hydrogens is 554 g/mol. The Bertz CT molecular complexity index is 1400. The Hall–Kier alpha value is -2.49. The molecule has 0 saturated carbocycles. The maximum Gasteiger partial charge on any atom is 0.416 e. The van der Waals surface area contributed by atoms with Gasteiger partial charge < -0.3 is 0 Å². The number of anilines is 2. The zero-order valence-electron chi connectivity index (χ0n) is 16.2. The quantitative estimate of drug-likeness (QED) is 0.357. The molecule has 0 aliphatic carbocycles. The van der Waals surface area contributed by atoms with Gasteiger partial charge in [-0.15, -0.1) is 11.3 Å². The Balaban J connectivity index is 1.83. The summed E-state index contributed by atoms with van der Waals surface area (Å²) in [6.45, 7) is 0. The third kappa shape index (κ3) is 5.95. The first-order valence-electron chi connectivity index (χ1n) is 8.68. The Morgan fingerprint density at radius 3 is 1.44 bits per heavy atom. The fourth-order valence-corrected chi connectivity index (χ4v) is 7.05. The molecule has 0 unspecified atom stereocenters. The SMILES string of the molecule is O=S(=O)(Nc1ccc(C(F)(F)F)cc1)c1cc(S(=O)(=O)Nc2ccc(C(F)(F)F)cc2)c(Cl)s1. The minimum Gasteiger partial charge on any atom is -0.280 e. The van der Waals surface area contributed by atoms with Gasteiger partial charge in [0, 0.05) is 11.4 Å². The van der Waals surface area contributed by atoms with E-state index < -0.39 is 57.0 Å². The second kappa shape index (κ2) is 8.94. The Labute approximate surface area is 198 Å². The number of alkyl halides is 6. The lowest BCUT2D eigenvalue weighted by Crippen LogP contribution is -2.14. The van der Waals surface area contributed by atoms with Crippen LogP contribution < -0.4 is 9.44 Å². The van der Waals surface area contributed by atoms with E-state index in [4.69, 9.17) is 11.6 Å². The van der Waals surface area contributed by atoms with Gasteiger partial charge in [0.25, 0.3) is 20.0 Å². The van der Waals surface area contributed by atoms with E-state index in [2.05, 4.69) is 0 Å². The molecule has 0 atom stereocenters. The number of sulfonamides is 2. The highest BCUT2D eigenvalue weighted by atomic mass is 35.5. The third-order valence-electron chi connectivity index (χ3n) is 4.12. The number of hydrogen-bond donors (Lipinski definition) is 2. The number of rotatable bonds is 6. The van der Waals surface area contributed by atoms with Crippen molar-refractivity contribution in [3.05, 3.63) is 70.1 Å². The fraction of sp³-hybridized carbons (Fsp3) is 0.111. The molecule has 1 aromatic heterocycles. The van der Waals surface area contributed by atoms with E-state index in [0.717, 1.165) is 24.3 Å². The van der Waals surface area contributed by atoms with Crippen molar-refractivity contribution in [1.82, 2.24) is 0 Å². The van der Waals surface area contributed by atoms with Crippen LogP contribution in [0.5, 0.6) is 0 Å². The van der Waals surface area contributed by atoms with Crippen LogP contribution in [0.4, 0.5) is 37.7 Å². The van der Waals surface area contributed by atoms with Crippen molar-refractivity contribution < 1.29 is 43.2 Å². The van der Waals surface area contributed by atoms with Crippen LogP contribution in [0.25, 0.3) is 0 Å². The van der Waals surface area contributed by atoms with Crippen molar-refractivity contribution in [2.75, 3.05) is 9.44 Å². The molecule has 184 valence electrons. The summed E-state index contributed by atoms with van der Waals surface area (Å²) in [7, 11) is -8.93. The number of hydrogen-bond acceptors (Lipinski definition) is 5. The molecule has 2 N–H and O–H groups in total. The highest BCUT2D eigenvalue weighted by molar-refractivity contribution is 7.95. The summed E-state index contributed by atoms with van der Waals surface area (Å²) in [5, 5.41) is 0. The van der Waals surface area contributed by atoms with Crippen LogP contribution >= 0.6 is 22.9 Å². The van der Waals surface area contributed by atoms with Crippen LogP contribution in [0, 0.1) is 0 Å². The van der Waals surface area contributed by atoms with Gasteiger partial charge in [0.05, 0.1) is 11.1 Å². The molecule has 16 heteroatoms. The second-order valence-electron chi connectivity index (χ2n) is 6.56. The summed E-state index contributed by atoms with van der Waals surface area (Å²) in [5.41, 5.74) is -2.46. The maximum atomic E-state index is 12.7. The predicted octanol–water partition coefficient (Wildman–Crippen LogP) is 6.04. The van der Waals surface area contributed by atoms with Gasteiger partial charge in [-0.3, -0.25) is 9.44 Å². The second-order valence-corrected chi connectivity index (χ2v) is 11.8. The minimum atomic E-state index is -4.63. The van der Waals surface area contributed by atoms with E-state index in [0.29, 0.717) is 41.7 Å². The van der Waals surface area contributed by atoms with E-state index in [9.17, 15) is 43.2 Å². The summed E-state index contributed by atoms with van der Waals surface area (Å²) < 4.78 is 129. The van der Waals surface area contributed by atoms with E-state index in [1.54, 1.807) is 0 Å².